The lowest BCUT2D eigenvalue weighted by molar-refractivity contribution is 0.205. The minimum absolute atomic E-state index is 0.160. The van der Waals surface area contributed by atoms with E-state index in [-0.39, 0.29) is 5.82 Å². The third-order valence-corrected chi connectivity index (χ3v) is 5.14. The van der Waals surface area contributed by atoms with Gasteiger partial charge in [-0.05, 0) is 48.3 Å². The van der Waals surface area contributed by atoms with Crippen LogP contribution >= 0.6 is 24.4 Å². The molecule has 15 heavy (non-hydrogen) atoms. The maximum Gasteiger partial charge on any atom is 0.123 e. The van der Waals surface area contributed by atoms with E-state index in [0.29, 0.717) is 5.41 Å². The summed E-state index contributed by atoms with van der Waals surface area (Å²) in [6.07, 6.45) is 3.93. The second-order valence-corrected chi connectivity index (χ2v) is 5.62. The molecular weight excluding hydrogens is 227 g/mol. The van der Waals surface area contributed by atoms with Crippen LogP contribution in [0.2, 0.25) is 0 Å². The van der Waals surface area contributed by atoms with Crippen molar-refractivity contribution in [3.05, 3.63) is 30.1 Å². The molecule has 0 atom stereocenters. The van der Waals surface area contributed by atoms with Crippen LogP contribution in [-0.4, -0.2) is 11.5 Å². The third kappa shape index (κ3) is 2.70. The Hall–Kier alpha value is -0.150. The summed E-state index contributed by atoms with van der Waals surface area (Å²) in [5.74, 6) is 1.93. The van der Waals surface area contributed by atoms with Gasteiger partial charge in [0.15, 0.2) is 0 Å². The molecule has 1 fully saturated rings. The molecule has 0 aliphatic heterocycles. The number of hydrogen-bond acceptors (Lipinski definition) is 2. The number of benzene rings is 1. The van der Waals surface area contributed by atoms with E-state index in [1.54, 1.807) is 0 Å². The van der Waals surface area contributed by atoms with E-state index in [9.17, 15) is 4.39 Å². The van der Waals surface area contributed by atoms with Gasteiger partial charge in [-0.2, -0.15) is 12.6 Å². The SMILES string of the molecule is Fc1ccc(SCC2(CS)CCC2)cc1. The molecule has 1 aromatic carbocycles. The zero-order valence-electron chi connectivity index (χ0n) is 8.58. The highest BCUT2D eigenvalue weighted by Crippen LogP contribution is 2.45. The Morgan fingerprint density at radius 1 is 1.27 bits per heavy atom. The minimum atomic E-state index is -0.160. The predicted molar refractivity (Wildman–Crippen MR) is 67.3 cm³/mol. The fourth-order valence-electron chi connectivity index (χ4n) is 1.79. The fourth-order valence-corrected chi connectivity index (χ4v) is 3.56. The number of hydrogen-bond donors (Lipinski definition) is 1. The topological polar surface area (TPSA) is 0 Å². The van der Waals surface area contributed by atoms with Gasteiger partial charge in [0.25, 0.3) is 0 Å². The van der Waals surface area contributed by atoms with Crippen molar-refractivity contribution in [2.24, 2.45) is 5.41 Å². The molecule has 0 saturated heterocycles. The van der Waals surface area contributed by atoms with Crippen LogP contribution in [0.5, 0.6) is 0 Å². The van der Waals surface area contributed by atoms with E-state index in [1.165, 1.54) is 31.4 Å². The summed E-state index contributed by atoms with van der Waals surface area (Å²) in [5.41, 5.74) is 0.447. The Bertz CT molecular complexity index is 311. The van der Waals surface area contributed by atoms with E-state index in [0.717, 1.165) is 16.4 Å². The van der Waals surface area contributed by atoms with Crippen LogP contribution in [0.3, 0.4) is 0 Å². The standard InChI is InChI=1S/C12H15FS2/c13-10-2-4-11(5-3-10)15-9-12(8-14)6-1-7-12/h2-5,14H,1,6-9H2. The first kappa shape index (κ1) is 11.3. The molecule has 0 aromatic heterocycles. The van der Waals surface area contributed by atoms with Crippen molar-refractivity contribution in [1.82, 2.24) is 0 Å². The first-order chi connectivity index (χ1) is 7.24. The Morgan fingerprint density at radius 2 is 1.93 bits per heavy atom. The van der Waals surface area contributed by atoms with Gasteiger partial charge in [0.2, 0.25) is 0 Å². The van der Waals surface area contributed by atoms with E-state index >= 15 is 0 Å². The van der Waals surface area contributed by atoms with E-state index in [2.05, 4.69) is 12.6 Å². The van der Waals surface area contributed by atoms with Crippen molar-refractivity contribution in [2.45, 2.75) is 24.2 Å². The molecule has 1 aliphatic carbocycles. The lowest BCUT2D eigenvalue weighted by atomic mass is 9.72. The number of halogens is 1. The Balaban J connectivity index is 1.90. The zero-order chi connectivity index (χ0) is 10.7. The summed E-state index contributed by atoms with van der Waals surface area (Å²) in [6, 6.07) is 6.75. The minimum Gasteiger partial charge on any atom is -0.207 e. The van der Waals surface area contributed by atoms with Crippen molar-refractivity contribution in [1.29, 1.82) is 0 Å². The Labute approximate surface area is 100 Å². The molecule has 0 spiro atoms. The van der Waals surface area contributed by atoms with Crippen LogP contribution in [0.15, 0.2) is 29.2 Å². The van der Waals surface area contributed by atoms with E-state index in [4.69, 9.17) is 0 Å². The molecule has 0 nitrogen and oxygen atoms in total. The molecular formula is C12H15FS2. The number of rotatable bonds is 4. The van der Waals surface area contributed by atoms with Gasteiger partial charge < -0.3 is 0 Å². The second kappa shape index (κ2) is 4.79. The molecule has 1 saturated carbocycles. The molecule has 0 amide bonds. The van der Waals surface area contributed by atoms with Gasteiger partial charge in [-0.15, -0.1) is 11.8 Å². The molecule has 3 heteroatoms. The van der Waals surface area contributed by atoms with Crippen LogP contribution in [-0.2, 0) is 0 Å². The van der Waals surface area contributed by atoms with Gasteiger partial charge in [-0.3, -0.25) is 0 Å². The summed E-state index contributed by atoms with van der Waals surface area (Å²) in [4.78, 5) is 1.16. The number of thioether (sulfide) groups is 1. The van der Waals surface area contributed by atoms with Crippen LogP contribution in [0.4, 0.5) is 4.39 Å². The molecule has 1 aromatic rings. The molecule has 0 unspecified atom stereocenters. The number of thiol groups is 1. The summed E-state index contributed by atoms with van der Waals surface area (Å²) in [7, 11) is 0. The highest BCUT2D eigenvalue weighted by molar-refractivity contribution is 7.99. The third-order valence-electron chi connectivity index (χ3n) is 3.11. The lowest BCUT2D eigenvalue weighted by Crippen LogP contribution is -2.33. The molecule has 0 heterocycles. The quantitative estimate of drug-likeness (QED) is 0.614. The summed E-state index contributed by atoms with van der Waals surface area (Å²) in [6.45, 7) is 0. The lowest BCUT2D eigenvalue weighted by Gasteiger charge is -2.40. The Morgan fingerprint density at radius 3 is 2.40 bits per heavy atom. The van der Waals surface area contributed by atoms with Gasteiger partial charge in [0.1, 0.15) is 5.82 Å². The Kier molecular flexibility index (Phi) is 3.62. The van der Waals surface area contributed by atoms with E-state index in [1.807, 2.05) is 23.9 Å². The van der Waals surface area contributed by atoms with Crippen LogP contribution < -0.4 is 0 Å². The van der Waals surface area contributed by atoms with E-state index < -0.39 is 0 Å². The van der Waals surface area contributed by atoms with Crippen LogP contribution in [0.25, 0.3) is 0 Å². The summed E-state index contributed by atoms with van der Waals surface area (Å²) < 4.78 is 12.7. The zero-order valence-corrected chi connectivity index (χ0v) is 10.3. The van der Waals surface area contributed by atoms with Crippen LogP contribution in [0.1, 0.15) is 19.3 Å². The van der Waals surface area contributed by atoms with Crippen LogP contribution in [0, 0.1) is 11.2 Å². The van der Waals surface area contributed by atoms with Gasteiger partial charge in [0, 0.05) is 10.6 Å². The maximum atomic E-state index is 12.7. The first-order valence-corrected chi connectivity index (χ1v) is 6.85. The van der Waals surface area contributed by atoms with Crippen molar-refractivity contribution < 1.29 is 4.39 Å². The average Bonchev–Trinajstić information content (AvgIpc) is 2.20. The normalized spacial score (nSPS) is 18.5. The molecule has 82 valence electrons. The highest BCUT2D eigenvalue weighted by atomic mass is 32.2. The summed E-state index contributed by atoms with van der Waals surface area (Å²) in [5, 5.41) is 0. The largest absolute Gasteiger partial charge is 0.207 e. The molecule has 1 aliphatic rings. The van der Waals surface area contributed by atoms with Gasteiger partial charge in [-0.25, -0.2) is 4.39 Å². The second-order valence-electron chi connectivity index (χ2n) is 4.25. The molecule has 0 N–H and O–H groups in total. The smallest absolute Gasteiger partial charge is 0.123 e. The average molecular weight is 242 g/mol. The van der Waals surface area contributed by atoms with Crippen molar-refractivity contribution in [3.63, 3.8) is 0 Å². The maximum absolute atomic E-state index is 12.7. The summed E-state index contributed by atoms with van der Waals surface area (Å²) >= 11 is 6.24. The molecule has 0 bridgehead atoms. The first-order valence-electron chi connectivity index (χ1n) is 5.23. The van der Waals surface area contributed by atoms with Crippen molar-refractivity contribution in [2.75, 3.05) is 11.5 Å². The highest BCUT2D eigenvalue weighted by Gasteiger charge is 2.35. The monoisotopic (exact) mass is 242 g/mol. The van der Waals surface area contributed by atoms with Crippen molar-refractivity contribution in [3.8, 4) is 0 Å². The predicted octanol–water partition coefficient (Wildman–Crippen LogP) is 4.02. The van der Waals surface area contributed by atoms with Gasteiger partial charge >= 0.3 is 0 Å². The molecule has 2 rings (SSSR count). The fraction of sp³-hybridized carbons (Fsp3) is 0.500. The van der Waals surface area contributed by atoms with Gasteiger partial charge in [0.05, 0.1) is 0 Å². The van der Waals surface area contributed by atoms with Gasteiger partial charge in [-0.1, -0.05) is 6.42 Å². The molecule has 0 radical (unpaired) electrons. The van der Waals surface area contributed by atoms with Crippen molar-refractivity contribution >= 4 is 24.4 Å².